The molecular weight excluding hydrogens is 352 g/mol. The molecule has 0 bridgehead atoms. The van der Waals surface area contributed by atoms with Crippen molar-refractivity contribution in [3.63, 3.8) is 0 Å². The summed E-state index contributed by atoms with van der Waals surface area (Å²) in [4.78, 5) is 0. The Morgan fingerprint density at radius 2 is 1.36 bits per heavy atom. The van der Waals surface area contributed by atoms with Gasteiger partial charge in [-0.05, 0) is 0 Å². The summed E-state index contributed by atoms with van der Waals surface area (Å²) < 4.78 is 14.8. The molecule has 13 heteroatoms. The number of aliphatic hydroxyl groups is 10. The number of hydrogen-bond donors (Lipinski definition) is 10. The maximum Gasteiger partial charge on any atom is 0.306 e. The highest BCUT2D eigenvalue weighted by molar-refractivity contribution is 4.95. The highest BCUT2D eigenvalue weighted by atomic mass is 16.8. The molecule has 2 aliphatic heterocycles. The Morgan fingerprint density at radius 3 is 1.88 bits per heavy atom. The van der Waals surface area contributed by atoms with E-state index in [2.05, 4.69) is 0 Å². The summed E-state index contributed by atoms with van der Waals surface area (Å²) in [6, 6.07) is 0. The Kier molecular flexibility index (Phi) is 6.33. The van der Waals surface area contributed by atoms with Crippen LogP contribution in [0.3, 0.4) is 0 Å². The molecule has 0 aromatic rings. The van der Waals surface area contributed by atoms with Crippen LogP contribution in [-0.4, -0.2) is 125 Å². The van der Waals surface area contributed by atoms with Gasteiger partial charge in [0.2, 0.25) is 0 Å². The van der Waals surface area contributed by atoms with Crippen molar-refractivity contribution >= 4 is 0 Å². The molecule has 2 aliphatic rings. The van der Waals surface area contributed by atoms with Crippen LogP contribution in [-0.2, 0) is 14.2 Å². The van der Waals surface area contributed by atoms with Crippen LogP contribution >= 0.6 is 0 Å². The van der Waals surface area contributed by atoms with Gasteiger partial charge in [0.25, 0.3) is 0 Å². The first-order valence-electron chi connectivity index (χ1n) is 7.31. The van der Waals surface area contributed by atoms with Gasteiger partial charge in [-0.3, -0.25) is 0 Å². The molecule has 0 aromatic carbocycles. The maximum absolute atomic E-state index is 9.95. The van der Waals surface area contributed by atoms with Crippen LogP contribution in [0.1, 0.15) is 0 Å². The van der Waals surface area contributed by atoms with Gasteiger partial charge in [-0.1, -0.05) is 0 Å². The normalized spacial score (nSPS) is 49.2. The van der Waals surface area contributed by atoms with E-state index in [0.29, 0.717) is 0 Å². The van der Waals surface area contributed by atoms with E-state index in [-0.39, 0.29) is 0 Å². The van der Waals surface area contributed by atoms with Crippen LogP contribution in [0, 0.1) is 0 Å². The lowest BCUT2D eigenvalue weighted by Gasteiger charge is -2.46. The summed E-state index contributed by atoms with van der Waals surface area (Å²) >= 11 is 0. The smallest absolute Gasteiger partial charge is 0.306 e. The van der Waals surface area contributed by atoms with Gasteiger partial charge in [-0.2, -0.15) is 0 Å². The van der Waals surface area contributed by atoms with Gasteiger partial charge in [-0.15, -0.1) is 0 Å². The lowest BCUT2D eigenvalue weighted by Crippen LogP contribution is -2.67. The molecule has 148 valence electrons. The van der Waals surface area contributed by atoms with E-state index in [9.17, 15) is 35.7 Å². The van der Waals surface area contributed by atoms with Crippen LogP contribution < -0.4 is 0 Å². The zero-order valence-electron chi connectivity index (χ0n) is 12.7. The summed E-state index contributed by atoms with van der Waals surface area (Å²) in [6.07, 6.45) is -18.7. The SMILES string of the molecule is OC[C@H]1O[C@H](O)[C@H](O)[C@@H](O)[C@@H]1O[C@@H]1O[C@H](C(O)(O)O)[C@H](O)[C@H](O)[C@H]1O. The summed E-state index contributed by atoms with van der Waals surface area (Å²) in [5, 5.41) is 94.9. The van der Waals surface area contributed by atoms with Crippen LogP contribution in [0.15, 0.2) is 0 Å². The molecule has 0 saturated carbocycles. The lowest BCUT2D eigenvalue weighted by molar-refractivity contribution is -0.427. The average molecular weight is 374 g/mol. The predicted molar refractivity (Wildman–Crippen MR) is 70.9 cm³/mol. The zero-order valence-corrected chi connectivity index (χ0v) is 12.7. The molecule has 13 nitrogen and oxygen atoms in total. The van der Waals surface area contributed by atoms with Gasteiger partial charge in [0.15, 0.2) is 18.7 Å². The molecule has 10 atom stereocenters. The molecular formula is C12H22O13. The monoisotopic (exact) mass is 374 g/mol. The van der Waals surface area contributed by atoms with E-state index in [1.165, 1.54) is 0 Å². The van der Waals surface area contributed by atoms with Crippen molar-refractivity contribution in [2.45, 2.75) is 67.4 Å². The van der Waals surface area contributed by atoms with Gasteiger partial charge in [-0.25, -0.2) is 0 Å². The van der Waals surface area contributed by atoms with Gasteiger partial charge < -0.3 is 65.3 Å². The third kappa shape index (κ3) is 4.09. The molecule has 0 spiro atoms. The van der Waals surface area contributed by atoms with Crippen LogP contribution in [0.5, 0.6) is 0 Å². The van der Waals surface area contributed by atoms with Crippen molar-refractivity contribution in [1.29, 1.82) is 0 Å². The van der Waals surface area contributed by atoms with Crippen LogP contribution in [0.2, 0.25) is 0 Å². The minimum atomic E-state index is -3.60. The average Bonchev–Trinajstić information content (AvgIpc) is 2.53. The van der Waals surface area contributed by atoms with Crippen LogP contribution in [0.4, 0.5) is 0 Å². The van der Waals surface area contributed by atoms with E-state index < -0.39 is 74.0 Å². The largest absolute Gasteiger partial charge is 0.394 e. The maximum atomic E-state index is 9.95. The fraction of sp³-hybridized carbons (Fsp3) is 1.00. The van der Waals surface area contributed by atoms with E-state index >= 15 is 0 Å². The molecule has 0 amide bonds. The Morgan fingerprint density at radius 1 is 0.760 bits per heavy atom. The van der Waals surface area contributed by atoms with E-state index in [1.807, 2.05) is 0 Å². The number of hydrogen-bond acceptors (Lipinski definition) is 13. The van der Waals surface area contributed by atoms with Crippen molar-refractivity contribution in [2.24, 2.45) is 0 Å². The van der Waals surface area contributed by atoms with Crippen molar-refractivity contribution in [3.05, 3.63) is 0 Å². The first-order chi connectivity index (χ1) is 11.5. The zero-order chi connectivity index (χ0) is 19.1. The number of aliphatic hydroxyl groups excluding tert-OH is 7. The summed E-state index contributed by atoms with van der Waals surface area (Å²) in [5.41, 5.74) is 0. The van der Waals surface area contributed by atoms with Crippen LogP contribution in [0.25, 0.3) is 0 Å². The molecule has 25 heavy (non-hydrogen) atoms. The topological polar surface area (TPSA) is 230 Å². The standard InChI is InChI=1S/C12H22O13/c13-1-2-8(4(15)6(17)10(19)23-2)24-11-7(18)3(14)5(16)9(25-11)12(20,21)22/h2-11,13-22H,1H2/t2-,3+,4-,5-,6-,7-,8-,9+,10+,11-/m1/s1. The quantitative estimate of drug-likeness (QED) is 0.206. The minimum Gasteiger partial charge on any atom is -0.394 e. The third-order valence-corrected chi connectivity index (χ3v) is 4.08. The molecule has 10 N–H and O–H groups in total. The lowest BCUT2D eigenvalue weighted by atomic mass is 9.96. The number of rotatable bonds is 4. The Bertz CT molecular complexity index is 439. The summed E-state index contributed by atoms with van der Waals surface area (Å²) in [6.45, 7) is -0.785. The van der Waals surface area contributed by atoms with E-state index in [1.54, 1.807) is 0 Å². The van der Waals surface area contributed by atoms with E-state index in [0.717, 1.165) is 0 Å². The summed E-state index contributed by atoms with van der Waals surface area (Å²) in [5.74, 6) is -3.60. The highest BCUT2D eigenvalue weighted by Crippen LogP contribution is 2.30. The van der Waals surface area contributed by atoms with Gasteiger partial charge in [0, 0.05) is 0 Å². The molecule has 2 saturated heterocycles. The molecule has 0 radical (unpaired) electrons. The van der Waals surface area contributed by atoms with Crippen molar-refractivity contribution in [3.8, 4) is 0 Å². The van der Waals surface area contributed by atoms with Gasteiger partial charge in [0.05, 0.1) is 6.61 Å². The fourth-order valence-electron chi connectivity index (χ4n) is 2.67. The fourth-order valence-corrected chi connectivity index (χ4v) is 2.67. The third-order valence-electron chi connectivity index (χ3n) is 4.08. The molecule has 0 unspecified atom stereocenters. The second-order valence-corrected chi connectivity index (χ2v) is 5.91. The first kappa shape index (κ1) is 20.8. The Balaban J connectivity index is 2.18. The van der Waals surface area contributed by atoms with Crippen molar-refractivity contribution in [2.75, 3.05) is 6.61 Å². The molecule has 0 aromatic heterocycles. The van der Waals surface area contributed by atoms with Gasteiger partial charge >= 0.3 is 5.97 Å². The highest BCUT2D eigenvalue weighted by Gasteiger charge is 2.54. The van der Waals surface area contributed by atoms with Gasteiger partial charge in [0.1, 0.15) is 42.7 Å². The first-order valence-corrected chi connectivity index (χ1v) is 7.31. The Labute approximate surface area is 140 Å². The van der Waals surface area contributed by atoms with E-state index in [4.69, 9.17) is 29.5 Å². The van der Waals surface area contributed by atoms with Crippen molar-refractivity contribution < 1.29 is 65.3 Å². The second kappa shape index (κ2) is 7.61. The summed E-state index contributed by atoms with van der Waals surface area (Å²) in [7, 11) is 0. The minimum absolute atomic E-state index is 0.785. The Hall–Kier alpha value is -0.520. The second-order valence-electron chi connectivity index (χ2n) is 5.91. The number of ether oxygens (including phenoxy) is 3. The predicted octanol–water partition coefficient (Wildman–Crippen LogP) is -6.76. The molecule has 0 aliphatic carbocycles. The molecule has 2 heterocycles. The molecule has 2 fully saturated rings. The molecule has 2 rings (SSSR count). The van der Waals surface area contributed by atoms with Crippen molar-refractivity contribution in [1.82, 2.24) is 0 Å².